The number of hydrogen-bond acceptors (Lipinski definition) is 6. The van der Waals surface area contributed by atoms with E-state index in [1.54, 1.807) is 25.3 Å². The molecule has 0 amide bonds. The van der Waals surface area contributed by atoms with Crippen LogP contribution in [0.4, 0.5) is 4.39 Å². The molecule has 0 unspecified atom stereocenters. The van der Waals surface area contributed by atoms with Crippen LogP contribution >= 0.6 is 0 Å². The van der Waals surface area contributed by atoms with Crippen LogP contribution in [0.2, 0.25) is 0 Å². The van der Waals surface area contributed by atoms with Crippen LogP contribution in [0.25, 0.3) is 0 Å². The highest BCUT2D eigenvalue weighted by Gasteiger charge is 2.27. The maximum atomic E-state index is 14.1. The monoisotopic (exact) mass is 430 g/mol. The lowest BCUT2D eigenvalue weighted by molar-refractivity contribution is -0.0194. The summed E-state index contributed by atoms with van der Waals surface area (Å²) >= 11 is 0. The van der Waals surface area contributed by atoms with Gasteiger partial charge in [0.15, 0.2) is 0 Å². The number of nitrogens with zero attached hydrogens (tertiary/aromatic N) is 2. The number of methoxy groups -OCH3 is 1. The Morgan fingerprint density at radius 2 is 2.03 bits per heavy atom. The van der Waals surface area contributed by atoms with Gasteiger partial charge in [-0.05, 0) is 37.6 Å². The van der Waals surface area contributed by atoms with Gasteiger partial charge < -0.3 is 19.4 Å². The molecule has 1 aliphatic heterocycles. The van der Waals surface area contributed by atoms with Crippen molar-refractivity contribution in [2.75, 3.05) is 26.8 Å². The summed E-state index contributed by atoms with van der Waals surface area (Å²) in [5.74, 6) is 0.475. The van der Waals surface area contributed by atoms with Crippen molar-refractivity contribution in [3.63, 3.8) is 0 Å². The van der Waals surface area contributed by atoms with Gasteiger partial charge in [-0.3, -0.25) is 4.90 Å². The van der Waals surface area contributed by atoms with E-state index in [1.165, 1.54) is 6.07 Å². The van der Waals surface area contributed by atoms with Crippen LogP contribution in [0.15, 0.2) is 53.7 Å². The second-order valence-electron chi connectivity index (χ2n) is 8.03. The molecule has 0 spiro atoms. The summed E-state index contributed by atoms with van der Waals surface area (Å²) in [6.07, 6.45) is -0.301. The second kappa shape index (κ2) is 11.2. The molecule has 0 aliphatic carbocycles. The molecule has 1 N–H and O–H groups in total. The summed E-state index contributed by atoms with van der Waals surface area (Å²) in [5.41, 5.74) is 2.13. The number of oxime groups is 1. The van der Waals surface area contributed by atoms with Crippen molar-refractivity contribution >= 4 is 5.71 Å². The molecule has 0 saturated carbocycles. The fourth-order valence-corrected chi connectivity index (χ4v) is 3.56. The largest absolute Gasteiger partial charge is 0.497 e. The summed E-state index contributed by atoms with van der Waals surface area (Å²) in [5, 5.41) is 14.6. The smallest absolute Gasteiger partial charge is 0.145 e. The molecule has 2 aromatic rings. The van der Waals surface area contributed by atoms with Crippen molar-refractivity contribution in [3.05, 3.63) is 65.5 Å². The van der Waals surface area contributed by atoms with Crippen LogP contribution in [0.1, 0.15) is 31.4 Å². The third-order valence-corrected chi connectivity index (χ3v) is 5.01. The van der Waals surface area contributed by atoms with Gasteiger partial charge in [0.2, 0.25) is 0 Å². The Morgan fingerprint density at radius 3 is 2.77 bits per heavy atom. The molecule has 2 aromatic carbocycles. The number of halogens is 1. The zero-order chi connectivity index (χ0) is 22.2. The number of aliphatic hydroxyl groups excluding tert-OH is 1. The van der Waals surface area contributed by atoms with Crippen molar-refractivity contribution in [2.24, 2.45) is 5.16 Å². The lowest BCUT2D eigenvalue weighted by Crippen LogP contribution is -2.39. The molecule has 0 radical (unpaired) electrons. The van der Waals surface area contributed by atoms with Gasteiger partial charge in [-0.1, -0.05) is 35.5 Å². The first-order chi connectivity index (χ1) is 14.9. The normalized spacial score (nSPS) is 17.0. The van der Waals surface area contributed by atoms with Gasteiger partial charge in [0.25, 0.3) is 0 Å². The average molecular weight is 431 g/mol. The molecule has 3 rings (SSSR count). The van der Waals surface area contributed by atoms with Crippen molar-refractivity contribution in [2.45, 2.75) is 45.1 Å². The Hall–Kier alpha value is -2.48. The Morgan fingerprint density at radius 1 is 1.23 bits per heavy atom. The Balaban J connectivity index is 1.65. The van der Waals surface area contributed by atoms with E-state index in [4.69, 9.17) is 14.3 Å². The molecule has 0 bridgehead atoms. The predicted molar refractivity (Wildman–Crippen MR) is 118 cm³/mol. The molecule has 0 fully saturated rings. The molecule has 0 aromatic heterocycles. The van der Waals surface area contributed by atoms with Gasteiger partial charge >= 0.3 is 0 Å². The van der Waals surface area contributed by atoms with Crippen LogP contribution < -0.4 is 4.74 Å². The topological polar surface area (TPSA) is 63.5 Å². The van der Waals surface area contributed by atoms with Gasteiger partial charge in [-0.2, -0.15) is 0 Å². The highest BCUT2D eigenvalue weighted by molar-refractivity contribution is 6.01. The van der Waals surface area contributed by atoms with E-state index in [1.807, 2.05) is 38.1 Å². The van der Waals surface area contributed by atoms with Crippen LogP contribution in [-0.2, 0) is 16.1 Å². The van der Waals surface area contributed by atoms with Crippen LogP contribution in [0, 0.1) is 5.82 Å². The first-order valence-corrected chi connectivity index (χ1v) is 10.6. The van der Waals surface area contributed by atoms with Crippen molar-refractivity contribution in [1.82, 2.24) is 4.90 Å². The van der Waals surface area contributed by atoms with Gasteiger partial charge in [0, 0.05) is 31.6 Å². The third-order valence-electron chi connectivity index (χ3n) is 5.01. The first-order valence-electron chi connectivity index (χ1n) is 10.6. The Kier molecular flexibility index (Phi) is 8.40. The van der Waals surface area contributed by atoms with Gasteiger partial charge in [-0.25, -0.2) is 4.39 Å². The Labute approximate surface area is 183 Å². The van der Waals surface area contributed by atoms with Crippen LogP contribution in [-0.4, -0.2) is 60.8 Å². The van der Waals surface area contributed by atoms with Gasteiger partial charge in [0.05, 0.1) is 31.6 Å². The van der Waals surface area contributed by atoms with E-state index in [0.717, 1.165) is 11.3 Å². The van der Waals surface area contributed by atoms with E-state index in [-0.39, 0.29) is 24.6 Å². The molecular formula is C24H31FN2O4. The average Bonchev–Trinajstić information content (AvgIpc) is 3.21. The minimum Gasteiger partial charge on any atom is -0.497 e. The molecule has 1 aliphatic rings. The number of rotatable bonds is 11. The highest BCUT2D eigenvalue weighted by atomic mass is 19.1. The predicted octanol–water partition coefficient (Wildman–Crippen LogP) is 3.62. The van der Waals surface area contributed by atoms with E-state index in [0.29, 0.717) is 37.3 Å². The lowest BCUT2D eigenvalue weighted by Gasteiger charge is -2.27. The zero-order valence-corrected chi connectivity index (χ0v) is 18.3. The molecule has 7 heteroatoms. The van der Waals surface area contributed by atoms with Crippen LogP contribution in [0.5, 0.6) is 5.75 Å². The summed E-state index contributed by atoms with van der Waals surface area (Å²) in [7, 11) is 1.64. The van der Waals surface area contributed by atoms with Crippen molar-refractivity contribution < 1.29 is 23.8 Å². The highest BCUT2D eigenvalue weighted by Crippen LogP contribution is 2.21. The molecule has 6 nitrogen and oxygen atoms in total. The maximum absolute atomic E-state index is 14.1. The summed E-state index contributed by atoms with van der Waals surface area (Å²) in [4.78, 5) is 7.71. The molecule has 31 heavy (non-hydrogen) atoms. The van der Waals surface area contributed by atoms with E-state index < -0.39 is 6.10 Å². The number of ether oxygens (including phenoxy) is 2. The molecular weight excluding hydrogens is 399 g/mol. The molecule has 1 heterocycles. The second-order valence-corrected chi connectivity index (χ2v) is 8.03. The third kappa shape index (κ3) is 7.02. The minimum absolute atomic E-state index is 0.0522. The van der Waals surface area contributed by atoms with Crippen LogP contribution in [0.3, 0.4) is 0 Å². The standard InChI is InChI=1S/C24H31FN2O4/c1-17(2)30-16-19(28)14-27(13-18-7-6-8-20(11-18)29-3)15-21-12-24(26-31-21)22-9-4-5-10-23(22)25/h4-11,17,19,21,28H,12-16H2,1-3H3/t19-,21-/m0/s1. The van der Waals surface area contributed by atoms with Crippen molar-refractivity contribution in [1.29, 1.82) is 0 Å². The fraction of sp³-hybridized carbons (Fsp3) is 0.458. The quantitative estimate of drug-likeness (QED) is 0.590. The van der Waals surface area contributed by atoms with E-state index >= 15 is 0 Å². The number of hydrogen-bond donors (Lipinski definition) is 1. The van der Waals surface area contributed by atoms with Crippen molar-refractivity contribution in [3.8, 4) is 5.75 Å². The molecule has 168 valence electrons. The lowest BCUT2D eigenvalue weighted by atomic mass is 10.0. The van der Waals surface area contributed by atoms with Gasteiger partial charge in [0.1, 0.15) is 17.7 Å². The minimum atomic E-state index is -0.638. The summed E-state index contributed by atoms with van der Waals surface area (Å²) in [6.45, 7) is 5.69. The van der Waals surface area contributed by atoms with E-state index in [9.17, 15) is 9.50 Å². The van der Waals surface area contributed by atoms with Gasteiger partial charge in [-0.15, -0.1) is 0 Å². The number of benzene rings is 2. The Bertz CT molecular complexity index is 874. The summed E-state index contributed by atoms with van der Waals surface area (Å²) in [6, 6.07) is 14.4. The first kappa shape index (κ1) is 23.2. The fourth-order valence-electron chi connectivity index (χ4n) is 3.56. The molecule has 2 atom stereocenters. The zero-order valence-electron chi connectivity index (χ0n) is 18.3. The maximum Gasteiger partial charge on any atom is 0.145 e. The SMILES string of the molecule is COc1cccc(CN(C[C@H](O)COC(C)C)C[C@@H]2CC(c3ccccc3F)=NO2)c1. The summed E-state index contributed by atoms with van der Waals surface area (Å²) < 4.78 is 25.0. The number of aliphatic hydroxyl groups is 1. The van der Waals surface area contributed by atoms with E-state index in [2.05, 4.69) is 10.1 Å². The molecule has 0 saturated heterocycles.